The van der Waals surface area contributed by atoms with E-state index in [1.165, 1.54) is 29.9 Å². The van der Waals surface area contributed by atoms with Crippen molar-refractivity contribution < 1.29 is 22.7 Å². The first-order valence-electron chi connectivity index (χ1n) is 12.3. The summed E-state index contributed by atoms with van der Waals surface area (Å²) in [5.74, 6) is -0.238. The Labute approximate surface area is 230 Å². The van der Waals surface area contributed by atoms with Crippen LogP contribution in [0.15, 0.2) is 78.0 Å². The first-order chi connectivity index (χ1) is 19.7. The van der Waals surface area contributed by atoms with Crippen molar-refractivity contribution in [2.75, 3.05) is 17.7 Å². The number of alkyl halides is 3. The lowest BCUT2D eigenvalue weighted by atomic mass is 10.1. The molecular formula is C28H22F3N7O3. The second-order valence-corrected chi connectivity index (χ2v) is 8.78. The minimum Gasteiger partial charge on any atom is -0.497 e. The zero-order chi connectivity index (χ0) is 29.1. The molecule has 0 aliphatic carbocycles. The number of ether oxygens (including phenoxy) is 1. The van der Waals surface area contributed by atoms with Crippen molar-refractivity contribution in [3.05, 3.63) is 100 Å². The standard InChI is InChI=1S/C28H22F3N7O3/c1-3-23-22-15-33-26(35-18-8-5-9-32-14-18)36-24(22)37-27(40)38(23)20-11-19(12-21(13-20)41-2)34-25(39)16-6-4-7-17(10-16)28(29,30)31/h4-15H,3H2,1-2H3,(H,34,39)(H,35,36,37,40). The number of aryl methyl sites for hydroxylation is 1. The smallest absolute Gasteiger partial charge is 0.416 e. The van der Waals surface area contributed by atoms with Crippen LogP contribution in [0.3, 0.4) is 0 Å². The third-order valence-electron chi connectivity index (χ3n) is 6.09. The van der Waals surface area contributed by atoms with Crippen LogP contribution in [0.5, 0.6) is 5.75 Å². The molecule has 5 aromatic rings. The van der Waals surface area contributed by atoms with Crippen molar-refractivity contribution >= 4 is 34.3 Å². The number of amides is 1. The number of benzene rings is 2. The molecular weight excluding hydrogens is 539 g/mol. The number of nitrogens with one attached hydrogen (secondary N) is 2. The Morgan fingerprint density at radius 1 is 1.02 bits per heavy atom. The maximum Gasteiger partial charge on any atom is 0.416 e. The molecule has 13 heteroatoms. The summed E-state index contributed by atoms with van der Waals surface area (Å²) in [6.45, 7) is 1.85. The monoisotopic (exact) mass is 561 g/mol. The summed E-state index contributed by atoms with van der Waals surface area (Å²) in [5.41, 5.74) is 0.146. The van der Waals surface area contributed by atoms with Crippen LogP contribution in [0.4, 0.5) is 30.5 Å². The highest BCUT2D eigenvalue weighted by atomic mass is 19.4. The fourth-order valence-electron chi connectivity index (χ4n) is 4.22. The molecule has 0 fully saturated rings. The lowest BCUT2D eigenvalue weighted by molar-refractivity contribution is -0.137. The molecule has 2 aromatic carbocycles. The van der Waals surface area contributed by atoms with Crippen LogP contribution in [0, 0.1) is 0 Å². The molecule has 3 heterocycles. The molecule has 41 heavy (non-hydrogen) atoms. The molecule has 2 N–H and O–H groups in total. The molecule has 0 saturated heterocycles. The van der Waals surface area contributed by atoms with Crippen molar-refractivity contribution in [2.45, 2.75) is 19.5 Å². The zero-order valence-electron chi connectivity index (χ0n) is 21.7. The molecule has 10 nitrogen and oxygen atoms in total. The van der Waals surface area contributed by atoms with Crippen molar-refractivity contribution in [3.8, 4) is 11.4 Å². The van der Waals surface area contributed by atoms with Gasteiger partial charge in [-0.15, -0.1) is 0 Å². The number of fused-ring (bicyclic) bond motifs is 1. The molecule has 208 valence electrons. The average molecular weight is 562 g/mol. The molecule has 0 bridgehead atoms. The third-order valence-corrected chi connectivity index (χ3v) is 6.09. The number of rotatable bonds is 7. The van der Waals surface area contributed by atoms with Gasteiger partial charge in [-0.05, 0) is 42.8 Å². The van der Waals surface area contributed by atoms with Crippen molar-refractivity contribution in [1.82, 2.24) is 24.5 Å². The van der Waals surface area contributed by atoms with Gasteiger partial charge in [0.15, 0.2) is 5.65 Å². The lowest BCUT2D eigenvalue weighted by Crippen LogP contribution is -2.25. The van der Waals surface area contributed by atoms with Gasteiger partial charge in [-0.1, -0.05) is 13.0 Å². The first-order valence-corrected chi connectivity index (χ1v) is 12.3. The highest BCUT2D eigenvalue weighted by Crippen LogP contribution is 2.30. The highest BCUT2D eigenvalue weighted by Gasteiger charge is 2.31. The van der Waals surface area contributed by atoms with Gasteiger partial charge in [0.25, 0.3) is 5.91 Å². The number of halogens is 3. The Morgan fingerprint density at radius 3 is 2.56 bits per heavy atom. The van der Waals surface area contributed by atoms with Gasteiger partial charge in [-0.2, -0.15) is 23.1 Å². The predicted molar refractivity (Wildman–Crippen MR) is 146 cm³/mol. The summed E-state index contributed by atoms with van der Waals surface area (Å²) in [4.78, 5) is 43.1. The van der Waals surface area contributed by atoms with E-state index in [4.69, 9.17) is 4.74 Å². The number of hydrogen-bond acceptors (Lipinski definition) is 8. The van der Waals surface area contributed by atoms with E-state index in [-0.39, 0.29) is 22.8 Å². The van der Waals surface area contributed by atoms with Crippen LogP contribution < -0.4 is 21.1 Å². The zero-order valence-corrected chi connectivity index (χ0v) is 21.7. The summed E-state index contributed by atoms with van der Waals surface area (Å²) in [6.07, 6.45) is 0.586. The summed E-state index contributed by atoms with van der Waals surface area (Å²) in [5, 5.41) is 6.13. The Hall–Kier alpha value is -5.33. The van der Waals surface area contributed by atoms with Gasteiger partial charge < -0.3 is 15.4 Å². The van der Waals surface area contributed by atoms with Crippen molar-refractivity contribution in [1.29, 1.82) is 0 Å². The highest BCUT2D eigenvalue weighted by molar-refractivity contribution is 6.04. The quantitative estimate of drug-likeness (QED) is 0.279. The maximum absolute atomic E-state index is 13.3. The van der Waals surface area contributed by atoms with Gasteiger partial charge in [0.1, 0.15) is 5.75 Å². The number of anilines is 3. The Kier molecular flexibility index (Phi) is 7.34. The predicted octanol–water partition coefficient (Wildman–Crippen LogP) is 5.16. The number of pyridine rings is 1. The van der Waals surface area contributed by atoms with Crippen LogP contribution >= 0.6 is 0 Å². The van der Waals surface area contributed by atoms with Crippen LogP contribution in [-0.2, 0) is 12.6 Å². The van der Waals surface area contributed by atoms with Crippen LogP contribution in [0.2, 0.25) is 0 Å². The molecule has 0 radical (unpaired) electrons. The van der Waals surface area contributed by atoms with E-state index in [9.17, 15) is 22.8 Å². The number of carbonyl (C=O) groups is 1. The van der Waals surface area contributed by atoms with Gasteiger partial charge in [-0.25, -0.2) is 9.78 Å². The minimum atomic E-state index is -4.60. The Bertz CT molecular complexity index is 1810. The SMILES string of the molecule is CCc1c2cnc(Nc3cccnc3)nc2nc(=O)n1-c1cc(NC(=O)c2cccc(C(F)(F)F)c2)cc(OC)c1. The van der Waals surface area contributed by atoms with Crippen LogP contribution in [-0.4, -0.2) is 37.5 Å². The molecule has 1 amide bonds. The van der Waals surface area contributed by atoms with Crippen LogP contribution in [0.25, 0.3) is 16.7 Å². The van der Waals surface area contributed by atoms with E-state index in [0.717, 1.165) is 18.2 Å². The largest absolute Gasteiger partial charge is 0.497 e. The molecule has 0 aliphatic heterocycles. The van der Waals surface area contributed by atoms with Crippen molar-refractivity contribution in [3.63, 3.8) is 0 Å². The van der Waals surface area contributed by atoms with Gasteiger partial charge in [-0.3, -0.25) is 14.3 Å². The number of carbonyl (C=O) groups excluding carboxylic acids is 1. The maximum atomic E-state index is 13.3. The Morgan fingerprint density at radius 2 is 1.85 bits per heavy atom. The minimum absolute atomic E-state index is 0.184. The number of aromatic nitrogens is 5. The Balaban J connectivity index is 1.53. The number of nitrogens with zero attached hydrogens (tertiary/aromatic N) is 5. The summed E-state index contributed by atoms with van der Waals surface area (Å²) in [7, 11) is 1.41. The van der Waals surface area contributed by atoms with E-state index in [1.54, 1.807) is 36.8 Å². The molecule has 3 aromatic heterocycles. The van der Waals surface area contributed by atoms with Crippen LogP contribution in [0.1, 0.15) is 28.5 Å². The van der Waals surface area contributed by atoms with Gasteiger partial charge in [0.2, 0.25) is 5.95 Å². The normalized spacial score (nSPS) is 11.3. The molecule has 0 atom stereocenters. The second-order valence-electron chi connectivity index (χ2n) is 8.78. The van der Waals surface area contributed by atoms with Gasteiger partial charge >= 0.3 is 11.9 Å². The van der Waals surface area contributed by atoms with Gasteiger partial charge in [0, 0.05) is 41.5 Å². The van der Waals surface area contributed by atoms with E-state index in [1.807, 2.05) is 6.92 Å². The molecule has 0 spiro atoms. The van der Waals surface area contributed by atoms with E-state index < -0.39 is 23.3 Å². The fraction of sp³-hybridized carbons (Fsp3) is 0.143. The number of hydrogen-bond donors (Lipinski definition) is 2. The lowest BCUT2D eigenvalue weighted by Gasteiger charge is -2.16. The van der Waals surface area contributed by atoms with Crippen molar-refractivity contribution in [2.24, 2.45) is 0 Å². The van der Waals surface area contributed by atoms with E-state index in [0.29, 0.717) is 34.6 Å². The topological polar surface area (TPSA) is 124 Å². The molecule has 0 saturated carbocycles. The molecule has 0 aliphatic rings. The second kappa shape index (κ2) is 11.0. The van der Waals surface area contributed by atoms with E-state index in [2.05, 4.69) is 30.6 Å². The third kappa shape index (κ3) is 5.83. The fourth-order valence-corrected chi connectivity index (χ4v) is 4.22. The summed E-state index contributed by atoms with van der Waals surface area (Å²) in [6, 6.07) is 12.2. The number of methoxy groups -OCH3 is 1. The molecule has 0 unspecified atom stereocenters. The first kappa shape index (κ1) is 27.2. The molecule has 5 rings (SSSR count). The summed E-state index contributed by atoms with van der Waals surface area (Å²) >= 11 is 0. The van der Waals surface area contributed by atoms with E-state index >= 15 is 0 Å². The average Bonchev–Trinajstić information content (AvgIpc) is 2.96. The van der Waals surface area contributed by atoms with Gasteiger partial charge in [0.05, 0.1) is 35.6 Å². The summed E-state index contributed by atoms with van der Waals surface area (Å²) < 4.78 is 46.1.